The number of rotatable bonds is 1. The summed E-state index contributed by atoms with van der Waals surface area (Å²) in [6.07, 6.45) is 8.72. The highest BCUT2D eigenvalue weighted by Crippen LogP contribution is 2.33. The standard InChI is InChI=1S/C21H16BrN3/c1-21(22)13-11-18-19(12-14-21)25-17-10-6-5-9-16(17)23-20(25)24(18)15-7-3-2-4-8-15/h2-14H,1H3. The van der Waals surface area contributed by atoms with Crippen molar-refractivity contribution in [3.8, 4) is 5.69 Å². The van der Waals surface area contributed by atoms with Crippen LogP contribution in [0.2, 0.25) is 0 Å². The third-order valence-corrected chi connectivity index (χ3v) is 5.16. The Bertz CT molecular complexity index is 1160. The number of benzene rings is 2. The van der Waals surface area contributed by atoms with E-state index in [2.05, 4.69) is 98.6 Å². The Hall–Kier alpha value is -2.59. The van der Waals surface area contributed by atoms with E-state index in [4.69, 9.17) is 4.98 Å². The first-order chi connectivity index (χ1) is 12.1. The Labute approximate surface area is 154 Å². The molecular formula is C21H16BrN3. The molecule has 3 nitrogen and oxygen atoms in total. The smallest absolute Gasteiger partial charge is 0.220 e. The molecule has 0 aliphatic heterocycles. The summed E-state index contributed by atoms with van der Waals surface area (Å²) in [5.41, 5.74) is 5.53. The number of imidazole rings is 2. The lowest BCUT2D eigenvalue weighted by atomic mass is 10.1. The molecule has 0 saturated heterocycles. The van der Waals surface area contributed by atoms with Gasteiger partial charge in [-0.3, -0.25) is 8.97 Å². The van der Waals surface area contributed by atoms with Gasteiger partial charge in [0.15, 0.2) is 0 Å². The summed E-state index contributed by atoms with van der Waals surface area (Å²) >= 11 is 3.76. The molecule has 0 spiro atoms. The number of para-hydroxylation sites is 3. The average molecular weight is 390 g/mol. The van der Waals surface area contributed by atoms with Crippen LogP contribution in [0.25, 0.3) is 34.7 Å². The maximum atomic E-state index is 4.91. The number of hydrogen-bond acceptors (Lipinski definition) is 1. The molecule has 122 valence electrons. The quantitative estimate of drug-likeness (QED) is 0.395. The zero-order chi connectivity index (χ0) is 17.0. The third kappa shape index (κ3) is 2.21. The molecule has 2 aromatic carbocycles. The number of nitrogens with zero attached hydrogens (tertiary/aromatic N) is 3. The average Bonchev–Trinajstić information content (AvgIpc) is 3.08. The largest absolute Gasteiger partial charge is 0.278 e. The van der Waals surface area contributed by atoms with Gasteiger partial charge in [0.2, 0.25) is 5.78 Å². The minimum Gasteiger partial charge on any atom is -0.278 e. The summed E-state index contributed by atoms with van der Waals surface area (Å²) in [6, 6.07) is 18.7. The van der Waals surface area contributed by atoms with E-state index >= 15 is 0 Å². The normalized spacial score (nSPS) is 19.4. The van der Waals surface area contributed by atoms with E-state index in [1.807, 2.05) is 12.1 Å². The van der Waals surface area contributed by atoms with Crippen molar-refractivity contribution in [3.05, 3.63) is 78.1 Å². The Morgan fingerprint density at radius 1 is 0.880 bits per heavy atom. The highest BCUT2D eigenvalue weighted by atomic mass is 79.9. The van der Waals surface area contributed by atoms with Crippen molar-refractivity contribution < 1.29 is 0 Å². The molecule has 0 bridgehead atoms. The molecule has 4 aromatic rings. The summed E-state index contributed by atoms with van der Waals surface area (Å²) in [4.78, 5) is 4.91. The van der Waals surface area contributed by atoms with Crippen molar-refractivity contribution in [2.75, 3.05) is 0 Å². The van der Waals surface area contributed by atoms with Crippen LogP contribution in [0, 0.1) is 0 Å². The van der Waals surface area contributed by atoms with Crippen molar-refractivity contribution in [2.45, 2.75) is 11.2 Å². The second kappa shape index (κ2) is 5.20. The predicted molar refractivity (Wildman–Crippen MR) is 107 cm³/mol. The first kappa shape index (κ1) is 14.7. The monoisotopic (exact) mass is 389 g/mol. The molecule has 0 fully saturated rings. The van der Waals surface area contributed by atoms with Crippen molar-refractivity contribution in [3.63, 3.8) is 0 Å². The van der Waals surface area contributed by atoms with Crippen molar-refractivity contribution >= 4 is 44.9 Å². The highest BCUT2D eigenvalue weighted by Gasteiger charge is 2.23. The number of allylic oxidation sites excluding steroid dienone is 2. The van der Waals surface area contributed by atoms with Gasteiger partial charge in [0.25, 0.3) is 0 Å². The molecule has 1 atom stereocenters. The first-order valence-corrected chi connectivity index (χ1v) is 9.08. The predicted octanol–water partition coefficient (Wildman–Crippen LogP) is 5.47. The second-order valence-corrected chi connectivity index (χ2v) is 8.20. The molecule has 1 aliphatic rings. The molecule has 1 aliphatic carbocycles. The minimum atomic E-state index is -0.157. The van der Waals surface area contributed by atoms with Crippen LogP contribution in [0.1, 0.15) is 18.3 Å². The van der Waals surface area contributed by atoms with Crippen LogP contribution in [0.5, 0.6) is 0 Å². The second-order valence-electron chi connectivity index (χ2n) is 6.50. The van der Waals surface area contributed by atoms with Crippen LogP contribution >= 0.6 is 15.9 Å². The minimum absolute atomic E-state index is 0.157. The van der Waals surface area contributed by atoms with Crippen molar-refractivity contribution in [2.24, 2.45) is 0 Å². The molecule has 5 rings (SSSR count). The van der Waals surface area contributed by atoms with Gasteiger partial charge < -0.3 is 0 Å². The van der Waals surface area contributed by atoms with E-state index in [9.17, 15) is 0 Å². The van der Waals surface area contributed by atoms with Gasteiger partial charge in [0.05, 0.1) is 26.7 Å². The number of hydrogen-bond donors (Lipinski definition) is 0. The number of aromatic nitrogens is 3. The highest BCUT2D eigenvalue weighted by molar-refractivity contribution is 9.10. The van der Waals surface area contributed by atoms with Gasteiger partial charge in [-0.2, -0.15) is 0 Å². The molecule has 0 N–H and O–H groups in total. The van der Waals surface area contributed by atoms with Crippen LogP contribution < -0.4 is 0 Å². The van der Waals surface area contributed by atoms with Crippen LogP contribution in [-0.2, 0) is 0 Å². The number of halogens is 1. The van der Waals surface area contributed by atoms with Crippen LogP contribution in [-0.4, -0.2) is 18.3 Å². The lowest BCUT2D eigenvalue weighted by Gasteiger charge is -2.10. The van der Waals surface area contributed by atoms with E-state index in [-0.39, 0.29) is 4.32 Å². The zero-order valence-corrected chi connectivity index (χ0v) is 15.3. The maximum Gasteiger partial charge on any atom is 0.220 e. The molecule has 25 heavy (non-hydrogen) atoms. The van der Waals surface area contributed by atoms with Gasteiger partial charge in [-0.15, -0.1) is 0 Å². The molecule has 2 heterocycles. The third-order valence-electron chi connectivity index (χ3n) is 4.64. The Morgan fingerprint density at radius 3 is 2.36 bits per heavy atom. The van der Waals surface area contributed by atoms with E-state index < -0.39 is 0 Å². The first-order valence-electron chi connectivity index (χ1n) is 8.29. The fourth-order valence-electron chi connectivity index (χ4n) is 3.43. The summed E-state index contributed by atoms with van der Waals surface area (Å²) in [5, 5.41) is 0. The van der Waals surface area contributed by atoms with Gasteiger partial charge in [-0.1, -0.05) is 58.4 Å². The molecule has 2 aromatic heterocycles. The van der Waals surface area contributed by atoms with Crippen LogP contribution in [0.15, 0.2) is 66.7 Å². The lowest BCUT2D eigenvalue weighted by molar-refractivity contribution is 1.04. The molecular weight excluding hydrogens is 374 g/mol. The molecule has 0 radical (unpaired) electrons. The summed E-state index contributed by atoms with van der Waals surface area (Å²) in [5.74, 6) is 0.935. The maximum absolute atomic E-state index is 4.91. The van der Waals surface area contributed by atoms with Gasteiger partial charge in [-0.25, -0.2) is 4.98 Å². The van der Waals surface area contributed by atoms with Crippen LogP contribution in [0.4, 0.5) is 0 Å². The number of fused-ring (bicyclic) bond motifs is 5. The lowest BCUT2D eigenvalue weighted by Crippen LogP contribution is -2.05. The van der Waals surface area contributed by atoms with Gasteiger partial charge in [0, 0.05) is 5.69 Å². The Morgan fingerprint density at radius 2 is 1.56 bits per heavy atom. The molecule has 0 saturated carbocycles. The van der Waals surface area contributed by atoms with E-state index in [0.717, 1.165) is 33.9 Å². The van der Waals surface area contributed by atoms with E-state index in [1.54, 1.807) is 0 Å². The fraction of sp³-hybridized carbons (Fsp3) is 0.0952. The molecule has 4 heteroatoms. The Kier molecular flexibility index (Phi) is 3.06. The number of alkyl halides is 1. The van der Waals surface area contributed by atoms with Crippen molar-refractivity contribution in [1.82, 2.24) is 14.0 Å². The van der Waals surface area contributed by atoms with Gasteiger partial charge in [0.1, 0.15) is 0 Å². The topological polar surface area (TPSA) is 22.2 Å². The van der Waals surface area contributed by atoms with Crippen LogP contribution in [0.3, 0.4) is 0 Å². The van der Waals surface area contributed by atoms with Crippen molar-refractivity contribution in [1.29, 1.82) is 0 Å². The SMILES string of the molecule is CC1(Br)C=Cc2c(n3c4ccccc4nc3n2-c2ccccc2)C=C1. The van der Waals surface area contributed by atoms with Gasteiger partial charge in [-0.05, 0) is 43.3 Å². The summed E-state index contributed by atoms with van der Waals surface area (Å²) in [6.45, 7) is 2.14. The summed E-state index contributed by atoms with van der Waals surface area (Å²) in [7, 11) is 0. The van der Waals surface area contributed by atoms with E-state index in [0.29, 0.717) is 0 Å². The molecule has 0 amide bonds. The fourth-order valence-corrected chi connectivity index (χ4v) is 3.69. The van der Waals surface area contributed by atoms with E-state index in [1.165, 1.54) is 0 Å². The zero-order valence-electron chi connectivity index (χ0n) is 13.7. The summed E-state index contributed by atoms with van der Waals surface area (Å²) < 4.78 is 4.31. The molecule has 1 unspecified atom stereocenters. The Balaban J connectivity index is 1.97. The van der Waals surface area contributed by atoms with Gasteiger partial charge >= 0.3 is 0 Å².